The summed E-state index contributed by atoms with van der Waals surface area (Å²) in [5.74, 6) is 0.895. The van der Waals surface area contributed by atoms with Crippen molar-refractivity contribution in [1.82, 2.24) is 4.98 Å². The van der Waals surface area contributed by atoms with E-state index in [-0.39, 0.29) is 5.97 Å². The summed E-state index contributed by atoms with van der Waals surface area (Å²) in [7, 11) is 3.05. The first kappa shape index (κ1) is 26.9. The molecular weight excluding hydrogens is 500 g/mol. The second-order valence-electron chi connectivity index (χ2n) is 9.28. The Morgan fingerprint density at radius 2 is 1.76 bits per heavy atom. The Hall–Kier alpha value is -3.16. The summed E-state index contributed by atoms with van der Waals surface area (Å²) in [5.41, 5.74) is 6.58. The van der Waals surface area contributed by atoms with Crippen molar-refractivity contribution in [3.8, 4) is 27.4 Å². The van der Waals surface area contributed by atoms with E-state index >= 15 is 0 Å². The zero-order valence-corrected chi connectivity index (χ0v) is 23.9. The van der Waals surface area contributed by atoms with E-state index in [2.05, 4.69) is 51.2 Å². The lowest BCUT2D eigenvalue weighted by Gasteiger charge is -2.10. The molecule has 1 N–H and O–H groups in total. The molecule has 0 bridgehead atoms. The van der Waals surface area contributed by atoms with Crippen LogP contribution in [0.25, 0.3) is 21.7 Å². The smallest absolute Gasteiger partial charge is 0.350 e. The molecule has 2 aromatic heterocycles. The van der Waals surface area contributed by atoms with E-state index in [1.165, 1.54) is 34.5 Å². The van der Waals surface area contributed by atoms with Crippen LogP contribution in [0.3, 0.4) is 0 Å². The number of esters is 1. The summed E-state index contributed by atoms with van der Waals surface area (Å²) in [6.07, 6.45) is 2.96. The van der Waals surface area contributed by atoms with Crippen LogP contribution in [-0.2, 0) is 24.0 Å². The van der Waals surface area contributed by atoms with E-state index in [0.29, 0.717) is 16.5 Å². The van der Waals surface area contributed by atoms with Crippen LogP contribution in [0, 0.1) is 5.92 Å². The molecule has 0 spiro atoms. The van der Waals surface area contributed by atoms with Gasteiger partial charge in [0.15, 0.2) is 5.13 Å². The van der Waals surface area contributed by atoms with Crippen LogP contribution in [0.1, 0.15) is 53.4 Å². The molecule has 194 valence electrons. The standard InChI is InChI=1S/C30H34N2O3S2/c1-7-19-12-13-22(15-20(19)8-2)27-26(14-18(3)4)37-30(32-27)31-24-17-25(36-28(24)29(33)35-6)21-10-9-11-23(16-21)34-5/h9-13,15-18H,7-8,14H2,1-6H3,(H,31,32). The fraction of sp³-hybridized carbons (Fsp3) is 0.333. The van der Waals surface area contributed by atoms with E-state index in [4.69, 9.17) is 14.5 Å². The van der Waals surface area contributed by atoms with Crippen molar-refractivity contribution in [2.75, 3.05) is 19.5 Å². The van der Waals surface area contributed by atoms with Gasteiger partial charge in [-0.05, 0) is 66.1 Å². The van der Waals surface area contributed by atoms with E-state index in [1.807, 2.05) is 30.3 Å². The van der Waals surface area contributed by atoms with Gasteiger partial charge in [0.05, 0.1) is 25.6 Å². The van der Waals surface area contributed by atoms with Crippen molar-refractivity contribution in [2.24, 2.45) is 5.92 Å². The molecule has 2 aromatic carbocycles. The number of thiazole rings is 1. The number of hydrogen-bond acceptors (Lipinski definition) is 7. The fourth-order valence-corrected chi connectivity index (χ4v) is 6.59. The number of nitrogens with zero attached hydrogens (tertiary/aromatic N) is 1. The maximum Gasteiger partial charge on any atom is 0.350 e. The number of benzene rings is 2. The minimum Gasteiger partial charge on any atom is -0.497 e. The van der Waals surface area contributed by atoms with Gasteiger partial charge in [0.1, 0.15) is 10.6 Å². The highest BCUT2D eigenvalue weighted by atomic mass is 32.1. The molecule has 0 radical (unpaired) electrons. The first-order chi connectivity index (χ1) is 17.9. The predicted octanol–water partition coefficient (Wildman–Crippen LogP) is 8.40. The maximum absolute atomic E-state index is 12.7. The Labute approximate surface area is 227 Å². The van der Waals surface area contributed by atoms with Gasteiger partial charge in [-0.1, -0.05) is 52.0 Å². The van der Waals surface area contributed by atoms with Crippen LogP contribution < -0.4 is 10.1 Å². The third-order valence-electron chi connectivity index (χ3n) is 6.23. The van der Waals surface area contributed by atoms with Crippen LogP contribution in [0.5, 0.6) is 5.75 Å². The summed E-state index contributed by atoms with van der Waals surface area (Å²) in [5, 5.41) is 4.21. The summed E-state index contributed by atoms with van der Waals surface area (Å²) < 4.78 is 10.5. The second-order valence-corrected chi connectivity index (χ2v) is 11.4. The molecule has 0 fully saturated rings. The lowest BCUT2D eigenvalue weighted by Crippen LogP contribution is -2.01. The Morgan fingerprint density at radius 3 is 2.43 bits per heavy atom. The average Bonchev–Trinajstić information content (AvgIpc) is 3.51. The van der Waals surface area contributed by atoms with Gasteiger partial charge in [-0.2, -0.15) is 0 Å². The third kappa shape index (κ3) is 6.05. The topological polar surface area (TPSA) is 60.5 Å². The molecule has 0 aliphatic rings. The molecule has 4 aromatic rings. The predicted molar refractivity (Wildman–Crippen MR) is 156 cm³/mol. The number of nitrogens with one attached hydrogen (secondary N) is 1. The summed E-state index contributed by atoms with van der Waals surface area (Å²) in [6.45, 7) is 8.85. The van der Waals surface area contributed by atoms with E-state index in [0.717, 1.165) is 51.8 Å². The molecular formula is C30H34N2O3S2. The summed E-state index contributed by atoms with van der Waals surface area (Å²) in [4.78, 5) is 20.4. The number of carbonyl (C=O) groups excluding carboxylic acids is 1. The van der Waals surface area contributed by atoms with Crippen LogP contribution in [-0.4, -0.2) is 25.2 Å². The Morgan fingerprint density at radius 1 is 0.973 bits per heavy atom. The highest BCUT2D eigenvalue weighted by Crippen LogP contribution is 2.40. The minimum atomic E-state index is -0.372. The first-order valence-corrected chi connectivity index (χ1v) is 14.3. The van der Waals surface area contributed by atoms with Crippen LogP contribution in [0.15, 0.2) is 48.5 Å². The van der Waals surface area contributed by atoms with Gasteiger partial charge in [0.2, 0.25) is 0 Å². The molecule has 4 rings (SSSR count). The molecule has 0 amide bonds. The molecule has 7 heteroatoms. The van der Waals surface area contributed by atoms with Crippen LogP contribution in [0.4, 0.5) is 10.8 Å². The third-order valence-corrected chi connectivity index (χ3v) is 8.39. The number of ether oxygens (including phenoxy) is 2. The minimum absolute atomic E-state index is 0.372. The number of methoxy groups -OCH3 is 2. The van der Waals surface area contributed by atoms with Gasteiger partial charge in [-0.25, -0.2) is 9.78 Å². The fourth-order valence-electron chi connectivity index (χ4n) is 4.35. The van der Waals surface area contributed by atoms with Crippen molar-refractivity contribution >= 4 is 39.5 Å². The molecule has 37 heavy (non-hydrogen) atoms. The second kappa shape index (κ2) is 11.9. The van der Waals surface area contributed by atoms with Gasteiger partial charge in [0.25, 0.3) is 0 Å². The van der Waals surface area contributed by atoms with Crippen molar-refractivity contribution in [3.63, 3.8) is 0 Å². The van der Waals surface area contributed by atoms with Crippen LogP contribution >= 0.6 is 22.7 Å². The molecule has 0 aliphatic carbocycles. The highest BCUT2D eigenvalue weighted by molar-refractivity contribution is 7.18. The van der Waals surface area contributed by atoms with Gasteiger partial charge in [0, 0.05) is 15.3 Å². The van der Waals surface area contributed by atoms with Crippen molar-refractivity contribution < 1.29 is 14.3 Å². The van der Waals surface area contributed by atoms with E-state index < -0.39 is 0 Å². The Bertz CT molecular complexity index is 1390. The SMILES string of the molecule is CCc1ccc(-c2nc(Nc3cc(-c4cccc(OC)c4)sc3C(=O)OC)sc2CC(C)C)cc1CC. The van der Waals surface area contributed by atoms with Crippen molar-refractivity contribution in [1.29, 1.82) is 0 Å². The number of anilines is 2. The highest BCUT2D eigenvalue weighted by Gasteiger charge is 2.21. The number of aromatic nitrogens is 1. The zero-order chi connectivity index (χ0) is 26.5. The Balaban J connectivity index is 1.75. The van der Waals surface area contributed by atoms with E-state index in [9.17, 15) is 4.79 Å². The number of carbonyl (C=O) groups is 1. The number of aryl methyl sites for hydroxylation is 2. The zero-order valence-electron chi connectivity index (χ0n) is 22.3. The summed E-state index contributed by atoms with van der Waals surface area (Å²) >= 11 is 3.05. The van der Waals surface area contributed by atoms with Gasteiger partial charge in [-0.3, -0.25) is 0 Å². The maximum atomic E-state index is 12.7. The normalized spacial score (nSPS) is 11.1. The molecule has 0 saturated carbocycles. The molecule has 0 saturated heterocycles. The largest absolute Gasteiger partial charge is 0.497 e. The van der Waals surface area contributed by atoms with Gasteiger partial charge in [-0.15, -0.1) is 22.7 Å². The van der Waals surface area contributed by atoms with Gasteiger partial charge >= 0.3 is 5.97 Å². The molecule has 0 atom stereocenters. The first-order valence-electron chi connectivity index (χ1n) is 12.6. The molecule has 0 unspecified atom stereocenters. The van der Waals surface area contributed by atoms with Crippen molar-refractivity contribution in [3.05, 3.63) is 69.4 Å². The van der Waals surface area contributed by atoms with Crippen LogP contribution in [0.2, 0.25) is 0 Å². The quantitative estimate of drug-likeness (QED) is 0.207. The monoisotopic (exact) mass is 534 g/mol. The molecule has 2 heterocycles. The van der Waals surface area contributed by atoms with Gasteiger partial charge < -0.3 is 14.8 Å². The number of hydrogen-bond donors (Lipinski definition) is 1. The lowest BCUT2D eigenvalue weighted by atomic mass is 9.97. The van der Waals surface area contributed by atoms with Crippen molar-refractivity contribution in [2.45, 2.75) is 47.0 Å². The number of rotatable bonds is 10. The van der Waals surface area contributed by atoms with E-state index in [1.54, 1.807) is 18.4 Å². The molecule has 5 nitrogen and oxygen atoms in total. The lowest BCUT2D eigenvalue weighted by molar-refractivity contribution is 0.0607. The number of thiophene rings is 1. The average molecular weight is 535 g/mol. The Kier molecular flexibility index (Phi) is 8.67. The summed E-state index contributed by atoms with van der Waals surface area (Å²) in [6, 6.07) is 16.5. The molecule has 0 aliphatic heterocycles.